The van der Waals surface area contributed by atoms with Gasteiger partial charge in [0.15, 0.2) is 0 Å². The number of aliphatic hydroxyl groups is 1. The van der Waals surface area contributed by atoms with E-state index in [2.05, 4.69) is 15.9 Å². The summed E-state index contributed by atoms with van der Waals surface area (Å²) < 4.78 is 23.6. The highest BCUT2D eigenvalue weighted by Gasteiger charge is 2.10. The average Bonchev–Trinajstić information content (AvgIpc) is 2.28. The third kappa shape index (κ3) is 5.98. The largest absolute Gasteiger partial charge is 0.393 e. The number of sulfone groups is 1. The molecule has 1 aromatic carbocycles. The summed E-state index contributed by atoms with van der Waals surface area (Å²) in [6.45, 7) is 1.65. The van der Waals surface area contributed by atoms with E-state index in [1.54, 1.807) is 6.92 Å². The molecule has 0 aliphatic heterocycles. The van der Waals surface area contributed by atoms with Gasteiger partial charge in [-0.1, -0.05) is 35.0 Å². The van der Waals surface area contributed by atoms with Gasteiger partial charge in [0.05, 0.1) is 11.9 Å². The smallest absolute Gasteiger partial charge is 0.150 e. The first-order chi connectivity index (χ1) is 8.43. The predicted octanol–water partition coefficient (Wildman–Crippen LogP) is 2.57. The lowest BCUT2D eigenvalue weighted by Crippen LogP contribution is -2.14. The summed E-state index contributed by atoms with van der Waals surface area (Å²) in [4.78, 5) is 0. The zero-order valence-electron chi connectivity index (χ0n) is 10.5. The minimum atomic E-state index is -2.91. The molecule has 1 unspecified atom stereocenters. The molecule has 1 N–H and O–H groups in total. The molecule has 1 rings (SSSR count). The van der Waals surface area contributed by atoms with E-state index >= 15 is 0 Å². The van der Waals surface area contributed by atoms with Gasteiger partial charge >= 0.3 is 0 Å². The van der Waals surface area contributed by atoms with Crippen molar-refractivity contribution in [3.63, 3.8) is 0 Å². The second-order valence-corrected chi connectivity index (χ2v) is 7.75. The van der Waals surface area contributed by atoms with E-state index in [-0.39, 0.29) is 11.5 Å². The van der Waals surface area contributed by atoms with E-state index in [0.29, 0.717) is 19.3 Å². The predicted molar refractivity (Wildman–Crippen MR) is 77.4 cm³/mol. The fraction of sp³-hybridized carbons (Fsp3) is 0.538. The van der Waals surface area contributed by atoms with Crippen LogP contribution in [0.25, 0.3) is 0 Å². The van der Waals surface area contributed by atoms with Gasteiger partial charge in [-0.15, -0.1) is 0 Å². The lowest BCUT2D eigenvalue weighted by molar-refractivity contribution is 0.164. The first-order valence-electron chi connectivity index (χ1n) is 6.06. The molecule has 0 bridgehead atoms. The maximum atomic E-state index is 11.3. The quantitative estimate of drug-likeness (QED) is 0.833. The molecule has 0 saturated heterocycles. The molecular formula is C13H19BrO3S. The van der Waals surface area contributed by atoms with Gasteiger partial charge in [0.2, 0.25) is 0 Å². The Bertz CT molecular complexity index is 471. The van der Waals surface area contributed by atoms with Crippen LogP contribution in [0, 0.1) is 0 Å². The maximum absolute atomic E-state index is 11.3. The zero-order valence-corrected chi connectivity index (χ0v) is 12.9. The third-order valence-electron chi connectivity index (χ3n) is 2.79. The minimum Gasteiger partial charge on any atom is -0.393 e. The van der Waals surface area contributed by atoms with Gasteiger partial charge in [-0.2, -0.15) is 0 Å². The van der Waals surface area contributed by atoms with Crippen molar-refractivity contribution in [3.05, 3.63) is 34.3 Å². The van der Waals surface area contributed by atoms with Crippen molar-refractivity contribution in [2.45, 2.75) is 32.3 Å². The van der Waals surface area contributed by atoms with Crippen molar-refractivity contribution in [3.8, 4) is 0 Å². The van der Waals surface area contributed by atoms with Gasteiger partial charge in [0.25, 0.3) is 0 Å². The van der Waals surface area contributed by atoms with E-state index in [0.717, 1.165) is 10.0 Å². The normalized spacial score (nSPS) is 13.5. The Kier molecular flexibility index (Phi) is 6.32. The van der Waals surface area contributed by atoms with E-state index in [1.165, 1.54) is 0 Å². The van der Waals surface area contributed by atoms with Crippen molar-refractivity contribution < 1.29 is 13.5 Å². The van der Waals surface area contributed by atoms with E-state index in [4.69, 9.17) is 0 Å². The van der Waals surface area contributed by atoms with Gasteiger partial charge in [-0.3, -0.25) is 0 Å². The van der Waals surface area contributed by atoms with Crippen molar-refractivity contribution in [1.29, 1.82) is 0 Å². The molecule has 0 saturated carbocycles. The van der Waals surface area contributed by atoms with Crippen LogP contribution in [0.2, 0.25) is 0 Å². The van der Waals surface area contributed by atoms with Crippen LogP contribution in [-0.4, -0.2) is 31.1 Å². The van der Waals surface area contributed by atoms with Crippen LogP contribution in [0.1, 0.15) is 25.3 Å². The lowest BCUT2D eigenvalue weighted by atomic mass is 10.1. The molecule has 0 amide bonds. The number of halogens is 1. The Morgan fingerprint density at radius 2 is 2.11 bits per heavy atom. The van der Waals surface area contributed by atoms with Crippen LogP contribution in [0.15, 0.2) is 28.7 Å². The monoisotopic (exact) mass is 334 g/mol. The molecule has 18 heavy (non-hydrogen) atoms. The van der Waals surface area contributed by atoms with Crippen LogP contribution in [0.5, 0.6) is 0 Å². The molecule has 3 nitrogen and oxygen atoms in total. The number of rotatable bonds is 7. The second-order valence-electron chi connectivity index (χ2n) is 4.37. The van der Waals surface area contributed by atoms with Gasteiger partial charge in [-0.05, 0) is 37.0 Å². The van der Waals surface area contributed by atoms with Crippen molar-refractivity contribution in [2.24, 2.45) is 0 Å². The zero-order chi connectivity index (χ0) is 13.6. The van der Waals surface area contributed by atoms with Crippen LogP contribution in [0.4, 0.5) is 0 Å². The van der Waals surface area contributed by atoms with Crippen molar-refractivity contribution >= 4 is 25.8 Å². The summed E-state index contributed by atoms with van der Waals surface area (Å²) >= 11 is 3.38. The molecule has 0 fully saturated rings. The molecule has 0 heterocycles. The van der Waals surface area contributed by atoms with Crippen LogP contribution < -0.4 is 0 Å². The summed E-state index contributed by atoms with van der Waals surface area (Å²) in [6, 6.07) is 7.78. The lowest BCUT2D eigenvalue weighted by Gasteiger charge is -2.10. The third-order valence-corrected chi connectivity index (χ3v) is 5.08. The summed E-state index contributed by atoms with van der Waals surface area (Å²) in [7, 11) is -2.91. The maximum Gasteiger partial charge on any atom is 0.150 e. The number of benzene rings is 1. The van der Waals surface area contributed by atoms with E-state index < -0.39 is 15.9 Å². The number of hydrogen-bond acceptors (Lipinski definition) is 3. The highest BCUT2D eigenvalue weighted by Crippen LogP contribution is 2.14. The van der Waals surface area contributed by atoms with Gasteiger partial charge in [0.1, 0.15) is 9.84 Å². The van der Waals surface area contributed by atoms with Crippen molar-refractivity contribution in [2.75, 3.05) is 11.5 Å². The molecule has 0 aliphatic carbocycles. The van der Waals surface area contributed by atoms with Crippen molar-refractivity contribution in [1.82, 2.24) is 0 Å². The Morgan fingerprint density at radius 1 is 1.39 bits per heavy atom. The molecule has 102 valence electrons. The number of aliphatic hydroxyl groups excluding tert-OH is 1. The van der Waals surface area contributed by atoms with Gasteiger partial charge in [0, 0.05) is 10.2 Å². The first-order valence-corrected chi connectivity index (χ1v) is 8.67. The SMILES string of the molecule is CCS(=O)(=O)CCCC(O)Cc1cccc(Br)c1. The summed E-state index contributed by atoms with van der Waals surface area (Å²) in [5.41, 5.74) is 1.05. The molecule has 1 atom stereocenters. The molecule has 5 heteroatoms. The summed E-state index contributed by atoms with van der Waals surface area (Å²) in [5, 5.41) is 9.85. The Morgan fingerprint density at radius 3 is 2.72 bits per heavy atom. The van der Waals surface area contributed by atoms with Gasteiger partial charge < -0.3 is 5.11 Å². The highest BCUT2D eigenvalue weighted by molar-refractivity contribution is 9.10. The van der Waals surface area contributed by atoms with E-state index in [9.17, 15) is 13.5 Å². The first kappa shape index (κ1) is 15.7. The Hall–Kier alpha value is -0.390. The van der Waals surface area contributed by atoms with E-state index in [1.807, 2.05) is 24.3 Å². The molecule has 0 spiro atoms. The standard InChI is InChI=1S/C13H19BrO3S/c1-2-18(16,17)8-4-7-13(15)10-11-5-3-6-12(14)9-11/h3,5-6,9,13,15H,2,4,7-8,10H2,1H3. The molecule has 0 radical (unpaired) electrons. The number of hydrogen-bond donors (Lipinski definition) is 1. The Labute approximate surface area is 117 Å². The fourth-order valence-corrected chi connectivity index (χ4v) is 3.06. The Balaban J connectivity index is 2.36. The second kappa shape index (κ2) is 7.26. The van der Waals surface area contributed by atoms with Gasteiger partial charge in [-0.25, -0.2) is 8.42 Å². The highest BCUT2D eigenvalue weighted by atomic mass is 79.9. The fourth-order valence-electron chi connectivity index (χ4n) is 1.72. The van der Waals surface area contributed by atoms with Crippen LogP contribution >= 0.6 is 15.9 Å². The average molecular weight is 335 g/mol. The molecule has 0 aromatic heterocycles. The summed E-state index contributed by atoms with van der Waals surface area (Å²) in [6.07, 6.45) is 1.12. The molecule has 1 aromatic rings. The topological polar surface area (TPSA) is 54.4 Å². The molecule has 0 aliphatic rings. The minimum absolute atomic E-state index is 0.166. The van der Waals surface area contributed by atoms with Crippen LogP contribution in [-0.2, 0) is 16.3 Å². The molecular weight excluding hydrogens is 316 g/mol. The summed E-state index contributed by atoms with van der Waals surface area (Å²) in [5.74, 6) is 0.341. The van der Waals surface area contributed by atoms with Crippen LogP contribution in [0.3, 0.4) is 0 Å².